The Morgan fingerprint density at radius 2 is 1.84 bits per heavy atom. The first-order chi connectivity index (χ1) is 15.2. The van der Waals surface area contributed by atoms with Crippen molar-refractivity contribution in [1.82, 2.24) is 15.1 Å². The number of fused-ring (bicyclic) bond motifs is 1. The second-order valence-corrected chi connectivity index (χ2v) is 7.43. The Bertz CT molecular complexity index is 1060. The SMILES string of the molecule is CCNC(=NCc1c(C)nn(-c2ccccc2)c1C)Nc1ccc2c(c1)OCCCO2. The number of rotatable bonds is 5. The first-order valence-electron chi connectivity index (χ1n) is 10.7. The first kappa shape index (κ1) is 20.8. The third-order valence-electron chi connectivity index (χ3n) is 5.19. The minimum absolute atomic E-state index is 0.532. The van der Waals surface area contributed by atoms with Crippen molar-refractivity contribution >= 4 is 11.6 Å². The molecule has 3 aromatic rings. The lowest BCUT2D eigenvalue weighted by Gasteiger charge is -2.14. The molecular formula is C24H29N5O2. The Morgan fingerprint density at radius 1 is 1.06 bits per heavy atom. The maximum atomic E-state index is 5.80. The lowest BCUT2D eigenvalue weighted by molar-refractivity contribution is 0.297. The molecule has 0 unspecified atom stereocenters. The van der Waals surface area contributed by atoms with Gasteiger partial charge in [0, 0.05) is 36.0 Å². The summed E-state index contributed by atoms with van der Waals surface area (Å²) in [5.41, 5.74) is 5.16. The van der Waals surface area contributed by atoms with E-state index in [1.54, 1.807) is 0 Å². The molecule has 0 fully saturated rings. The van der Waals surface area contributed by atoms with Crippen molar-refractivity contribution in [2.75, 3.05) is 25.1 Å². The van der Waals surface area contributed by atoms with Gasteiger partial charge < -0.3 is 20.1 Å². The number of nitrogens with one attached hydrogen (secondary N) is 2. The van der Waals surface area contributed by atoms with E-state index in [9.17, 15) is 0 Å². The van der Waals surface area contributed by atoms with Gasteiger partial charge in [-0.05, 0) is 45.0 Å². The molecule has 0 amide bonds. The average Bonchev–Trinajstić information content (AvgIpc) is 2.93. The average molecular weight is 420 g/mol. The normalized spacial score (nSPS) is 13.6. The minimum atomic E-state index is 0.532. The molecule has 2 heterocycles. The van der Waals surface area contributed by atoms with Crippen LogP contribution in [0.5, 0.6) is 11.5 Å². The van der Waals surface area contributed by atoms with Gasteiger partial charge in [0.05, 0.1) is 31.1 Å². The van der Waals surface area contributed by atoms with Crippen molar-refractivity contribution in [3.63, 3.8) is 0 Å². The summed E-state index contributed by atoms with van der Waals surface area (Å²) in [4.78, 5) is 4.81. The van der Waals surface area contributed by atoms with E-state index in [0.717, 1.165) is 52.8 Å². The number of aliphatic imine (C=N–C) groups is 1. The van der Waals surface area contributed by atoms with E-state index in [1.165, 1.54) is 0 Å². The van der Waals surface area contributed by atoms with E-state index >= 15 is 0 Å². The Balaban J connectivity index is 1.54. The van der Waals surface area contributed by atoms with Crippen molar-refractivity contribution < 1.29 is 9.47 Å². The van der Waals surface area contributed by atoms with Crippen molar-refractivity contribution in [2.24, 2.45) is 4.99 Å². The number of guanidine groups is 1. The topological polar surface area (TPSA) is 72.7 Å². The fourth-order valence-corrected chi connectivity index (χ4v) is 3.57. The molecule has 7 nitrogen and oxygen atoms in total. The summed E-state index contributed by atoms with van der Waals surface area (Å²) in [6.45, 7) is 8.80. The Kier molecular flexibility index (Phi) is 6.40. The van der Waals surface area contributed by atoms with Crippen LogP contribution in [-0.4, -0.2) is 35.5 Å². The van der Waals surface area contributed by atoms with E-state index in [2.05, 4.69) is 36.6 Å². The standard InChI is InChI=1S/C24H29N5O2/c1-4-25-24(27-19-11-12-22-23(15-19)31-14-8-13-30-22)26-16-21-17(2)28-29(18(21)3)20-9-6-5-7-10-20/h5-7,9-12,15H,4,8,13-14,16H2,1-3H3,(H2,25,26,27). The molecule has 0 aliphatic carbocycles. The smallest absolute Gasteiger partial charge is 0.196 e. The molecule has 162 valence electrons. The lowest BCUT2D eigenvalue weighted by Crippen LogP contribution is -2.30. The quantitative estimate of drug-likeness (QED) is 0.478. The zero-order chi connectivity index (χ0) is 21.6. The summed E-state index contributed by atoms with van der Waals surface area (Å²) in [5, 5.41) is 11.4. The fraction of sp³-hybridized carbons (Fsp3) is 0.333. The van der Waals surface area contributed by atoms with Crippen LogP contribution < -0.4 is 20.1 Å². The molecule has 31 heavy (non-hydrogen) atoms. The summed E-state index contributed by atoms with van der Waals surface area (Å²) in [5.74, 6) is 2.25. The van der Waals surface area contributed by atoms with Gasteiger partial charge in [0.15, 0.2) is 17.5 Å². The molecule has 0 atom stereocenters. The molecule has 0 radical (unpaired) electrons. The number of benzene rings is 2. The predicted octanol–water partition coefficient (Wildman–Crippen LogP) is 4.23. The van der Waals surface area contributed by atoms with Crippen molar-refractivity contribution in [3.05, 3.63) is 65.5 Å². The molecule has 0 bridgehead atoms. The highest BCUT2D eigenvalue weighted by Gasteiger charge is 2.14. The van der Waals surface area contributed by atoms with Gasteiger partial charge in [0.25, 0.3) is 0 Å². The van der Waals surface area contributed by atoms with Crippen LogP contribution in [0.2, 0.25) is 0 Å². The van der Waals surface area contributed by atoms with Crippen LogP contribution >= 0.6 is 0 Å². The summed E-state index contributed by atoms with van der Waals surface area (Å²) in [6.07, 6.45) is 0.886. The van der Waals surface area contributed by atoms with Gasteiger partial charge in [-0.15, -0.1) is 0 Å². The predicted molar refractivity (Wildman–Crippen MR) is 124 cm³/mol. The minimum Gasteiger partial charge on any atom is -0.490 e. The van der Waals surface area contributed by atoms with Crippen LogP contribution in [0.4, 0.5) is 5.69 Å². The molecule has 0 saturated carbocycles. The zero-order valence-corrected chi connectivity index (χ0v) is 18.3. The molecule has 1 aliphatic heterocycles. The van der Waals surface area contributed by atoms with Crippen LogP contribution in [-0.2, 0) is 6.54 Å². The number of anilines is 1. The van der Waals surface area contributed by atoms with Crippen LogP contribution in [0.25, 0.3) is 5.69 Å². The van der Waals surface area contributed by atoms with Gasteiger partial charge in [-0.3, -0.25) is 0 Å². The van der Waals surface area contributed by atoms with Gasteiger partial charge in [-0.1, -0.05) is 18.2 Å². The third kappa shape index (κ3) is 4.82. The van der Waals surface area contributed by atoms with E-state index < -0.39 is 0 Å². The monoisotopic (exact) mass is 419 g/mol. The zero-order valence-electron chi connectivity index (χ0n) is 18.3. The maximum absolute atomic E-state index is 5.80. The molecule has 2 N–H and O–H groups in total. The van der Waals surface area contributed by atoms with Gasteiger partial charge in [-0.25, -0.2) is 9.67 Å². The Hall–Kier alpha value is -3.48. The second kappa shape index (κ2) is 9.55. The largest absolute Gasteiger partial charge is 0.490 e. The van der Waals surface area contributed by atoms with Gasteiger partial charge in [-0.2, -0.15) is 5.10 Å². The summed E-state index contributed by atoms with van der Waals surface area (Å²) in [7, 11) is 0. The number of hydrogen-bond donors (Lipinski definition) is 2. The summed E-state index contributed by atoms with van der Waals surface area (Å²) in [6, 6.07) is 16.0. The first-order valence-corrected chi connectivity index (χ1v) is 10.7. The highest BCUT2D eigenvalue weighted by molar-refractivity contribution is 5.93. The van der Waals surface area contributed by atoms with E-state index in [0.29, 0.717) is 25.7 Å². The van der Waals surface area contributed by atoms with Gasteiger partial charge in [0.1, 0.15) is 0 Å². The summed E-state index contributed by atoms with van der Waals surface area (Å²) >= 11 is 0. The number of aryl methyl sites for hydroxylation is 1. The van der Waals surface area contributed by atoms with E-state index in [4.69, 9.17) is 19.6 Å². The lowest BCUT2D eigenvalue weighted by atomic mass is 10.2. The van der Waals surface area contributed by atoms with Crippen LogP contribution in [0.15, 0.2) is 53.5 Å². The molecule has 7 heteroatoms. The van der Waals surface area contributed by atoms with Crippen molar-refractivity contribution in [1.29, 1.82) is 0 Å². The molecule has 0 spiro atoms. The number of nitrogens with zero attached hydrogens (tertiary/aromatic N) is 3. The molecular weight excluding hydrogens is 390 g/mol. The van der Waals surface area contributed by atoms with Crippen LogP contribution in [0.1, 0.15) is 30.3 Å². The van der Waals surface area contributed by atoms with Gasteiger partial charge in [0.2, 0.25) is 0 Å². The van der Waals surface area contributed by atoms with Gasteiger partial charge >= 0.3 is 0 Å². The molecule has 2 aromatic carbocycles. The highest BCUT2D eigenvalue weighted by Crippen LogP contribution is 2.32. The summed E-state index contributed by atoms with van der Waals surface area (Å²) < 4.78 is 13.5. The number of ether oxygens (including phenoxy) is 2. The van der Waals surface area contributed by atoms with Crippen LogP contribution in [0, 0.1) is 13.8 Å². The third-order valence-corrected chi connectivity index (χ3v) is 5.19. The molecule has 1 aromatic heterocycles. The van der Waals surface area contributed by atoms with Crippen molar-refractivity contribution in [2.45, 2.75) is 33.7 Å². The number of aromatic nitrogens is 2. The van der Waals surface area contributed by atoms with E-state index in [1.807, 2.05) is 48.0 Å². The highest BCUT2D eigenvalue weighted by atomic mass is 16.5. The Morgan fingerprint density at radius 3 is 2.61 bits per heavy atom. The molecule has 1 aliphatic rings. The van der Waals surface area contributed by atoms with Crippen LogP contribution in [0.3, 0.4) is 0 Å². The molecule has 0 saturated heterocycles. The maximum Gasteiger partial charge on any atom is 0.196 e. The second-order valence-electron chi connectivity index (χ2n) is 7.43. The molecule has 4 rings (SSSR count). The van der Waals surface area contributed by atoms with Crippen molar-refractivity contribution in [3.8, 4) is 17.2 Å². The Labute approximate surface area is 183 Å². The number of hydrogen-bond acceptors (Lipinski definition) is 4. The fourth-order valence-electron chi connectivity index (χ4n) is 3.57. The number of para-hydroxylation sites is 1. The van der Waals surface area contributed by atoms with E-state index in [-0.39, 0.29) is 0 Å².